The van der Waals surface area contributed by atoms with E-state index in [9.17, 15) is 0 Å². The van der Waals surface area contributed by atoms with Crippen LogP contribution in [0.2, 0.25) is 0 Å². The van der Waals surface area contributed by atoms with E-state index in [0.29, 0.717) is 0 Å². The molecule has 0 radical (unpaired) electrons. The van der Waals surface area contributed by atoms with Crippen molar-refractivity contribution in [1.82, 2.24) is 15.5 Å². The smallest absolute Gasteiger partial charge is 0.191 e. The van der Waals surface area contributed by atoms with Gasteiger partial charge in [-0.3, -0.25) is 4.99 Å². The highest BCUT2D eigenvalue weighted by Gasteiger charge is 2.05. The second kappa shape index (κ2) is 14.0. The molecule has 0 spiro atoms. The zero-order valence-electron chi connectivity index (χ0n) is 16.1. The molecule has 1 aromatic carbocycles. The fraction of sp³-hybridized carbons (Fsp3) is 0.611. The lowest BCUT2D eigenvalue weighted by atomic mass is 10.1. The average molecular weight is 464 g/mol. The Morgan fingerprint density at radius 3 is 2.44 bits per heavy atom. The maximum absolute atomic E-state index is 5.34. The molecule has 0 heterocycles. The van der Waals surface area contributed by atoms with E-state index in [1.165, 1.54) is 5.56 Å². The number of nitrogens with one attached hydrogen (secondary N) is 2. The zero-order valence-corrected chi connectivity index (χ0v) is 18.4. The molecular formula is C18H33IN4O2. The summed E-state index contributed by atoms with van der Waals surface area (Å²) in [6.07, 6.45) is 0.889. The fourth-order valence-electron chi connectivity index (χ4n) is 2.19. The van der Waals surface area contributed by atoms with E-state index in [1.54, 1.807) is 14.2 Å². The van der Waals surface area contributed by atoms with Gasteiger partial charge in [0.15, 0.2) is 17.5 Å². The van der Waals surface area contributed by atoms with E-state index >= 15 is 0 Å². The Morgan fingerprint density at radius 1 is 1.12 bits per heavy atom. The highest BCUT2D eigenvalue weighted by atomic mass is 127. The minimum atomic E-state index is 0. The predicted octanol–water partition coefficient (Wildman–Crippen LogP) is 2.37. The minimum Gasteiger partial charge on any atom is -0.493 e. The summed E-state index contributed by atoms with van der Waals surface area (Å²) in [5.41, 5.74) is 1.20. The molecule has 2 N–H and O–H groups in total. The van der Waals surface area contributed by atoms with Gasteiger partial charge < -0.3 is 25.0 Å². The lowest BCUT2D eigenvalue weighted by molar-refractivity contribution is 0.354. The lowest BCUT2D eigenvalue weighted by Gasteiger charge is -2.14. The molecule has 0 amide bonds. The molecule has 0 unspecified atom stereocenters. The van der Waals surface area contributed by atoms with Crippen LogP contribution in [0, 0.1) is 0 Å². The molecule has 1 aromatic rings. The molecule has 0 aromatic heterocycles. The van der Waals surface area contributed by atoms with Gasteiger partial charge in [-0.2, -0.15) is 0 Å². The van der Waals surface area contributed by atoms with Crippen LogP contribution >= 0.6 is 24.0 Å². The number of hydrogen-bond donors (Lipinski definition) is 2. The molecule has 0 atom stereocenters. The van der Waals surface area contributed by atoms with Crippen LogP contribution in [0.1, 0.15) is 19.4 Å². The van der Waals surface area contributed by atoms with Crippen LogP contribution in [0.5, 0.6) is 11.5 Å². The van der Waals surface area contributed by atoms with Crippen molar-refractivity contribution in [3.63, 3.8) is 0 Å². The Morgan fingerprint density at radius 2 is 1.84 bits per heavy atom. The van der Waals surface area contributed by atoms with Crippen molar-refractivity contribution >= 4 is 29.9 Å². The van der Waals surface area contributed by atoms with Crippen LogP contribution in [0.3, 0.4) is 0 Å². The molecule has 0 aliphatic carbocycles. The summed E-state index contributed by atoms with van der Waals surface area (Å²) in [6.45, 7) is 8.67. The van der Waals surface area contributed by atoms with Gasteiger partial charge in [0.1, 0.15) is 0 Å². The summed E-state index contributed by atoms with van der Waals surface area (Å²) >= 11 is 0. The molecule has 0 saturated heterocycles. The summed E-state index contributed by atoms with van der Waals surface area (Å²) in [5, 5.41) is 6.65. The molecule has 144 valence electrons. The zero-order chi connectivity index (χ0) is 17.8. The van der Waals surface area contributed by atoms with Crippen molar-refractivity contribution < 1.29 is 9.47 Å². The first-order valence-corrected chi connectivity index (χ1v) is 8.56. The number of halogens is 1. The van der Waals surface area contributed by atoms with Crippen molar-refractivity contribution in [1.29, 1.82) is 0 Å². The highest BCUT2D eigenvalue weighted by molar-refractivity contribution is 14.0. The Kier molecular flexibility index (Phi) is 13.3. The molecule has 0 saturated carbocycles. The van der Waals surface area contributed by atoms with Gasteiger partial charge in [-0.25, -0.2) is 0 Å². The SMILES string of the molecule is CCNC(=NCCN(C)CC)NCCc1ccc(OC)c(OC)c1.I. The minimum absolute atomic E-state index is 0. The fourth-order valence-corrected chi connectivity index (χ4v) is 2.19. The Labute approximate surface area is 169 Å². The van der Waals surface area contributed by atoms with E-state index in [4.69, 9.17) is 9.47 Å². The van der Waals surface area contributed by atoms with E-state index < -0.39 is 0 Å². The number of rotatable bonds is 10. The van der Waals surface area contributed by atoms with Crippen molar-refractivity contribution in [2.24, 2.45) is 4.99 Å². The van der Waals surface area contributed by atoms with Gasteiger partial charge in [0.05, 0.1) is 20.8 Å². The van der Waals surface area contributed by atoms with Gasteiger partial charge in [0, 0.05) is 19.6 Å². The predicted molar refractivity (Wildman–Crippen MR) is 116 cm³/mol. The van der Waals surface area contributed by atoms with Gasteiger partial charge in [-0.15, -0.1) is 24.0 Å². The highest BCUT2D eigenvalue weighted by Crippen LogP contribution is 2.27. The molecule has 1 rings (SSSR count). The average Bonchev–Trinajstić information content (AvgIpc) is 2.61. The monoisotopic (exact) mass is 464 g/mol. The van der Waals surface area contributed by atoms with Crippen molar-refractivity contribution in [3.8, 4) is 11.5 Å². The number of methoxy groups -OCH3 is 2. The molecule has 6 nitrogen and oxygen atoms in total. The standard InChI is InChI=1S/C18H32N4O2.HI/c1-6-19-18(21-12-13-22(3)7-2)20-11-10-15-8-9-16(23-4)17(14-15)24-5;/h8-9,14H,6-7,10-13H2,1-5H3,(H2,19,20,21);1H. The molecule has 0 aliphatic heterocycles. The third-order valence-corrected chi connectivity index (χ3v) is 3.79. The quantitative estimate of drug-likeness (QED) is 0.317. The molecular weight excluding hydrogens is 431 g/mol. The number of hydrogen-bond acceptors (Lipinski definition) is 4. The molecule has 0 fully saturated rings. The van der Waals surface area contributed by atoms with Crippen molar-refractivity contribution in [2.45, 2.75) is 20.3 Å². The van der Waals surface area contributed by atoms with Crippen LogP contribution in [0.4, 0.5) is 0 Å². The maximum Gasteiger partial charge on any atom is 0.191 e. The van der Waals surface area contributed by atoms with E-state index in [0.717, 1.165) is 56.6 Å². The molecule has 0 bridgehead atoms. The summed E-state index contributed by atoms with van der Waals surface area (Å²) in [6, 6.07) is 6.01. The number of ether oxygens (including phenoxy) is 2. The summed E-state index contributed by atoms with van der Waals surface area (Å²) < 4.78 is 10.6. The molecule has 0 aliphatic rings. The first kappa shape index (κ1) is 23.8. The Balaban J connectivity index is 0.00000576. The third kappa shape index (κ3) is 9.15. The number of nitrogens with zero attached hydrogens (tertiary/aromatic N) is 2. The van der Waals surface area contributed by atoms with Crippen LogP contribution in [0.25, 0.3) is 0 Å². The third-order valence-electron chi connectivity index (χ3n) is 3.79. The number of guanidine groups is 1. The Bertz CT molecular complexity index is 512. The second-order valence-corrected chi connectivity index (χ2v) is 5.52. The lowest BCUT2D eigenvalue weighted by Crippen LogP contribution is -2.38. The first-order valence-electron chi connectivity index (χ1n) is 8.56. The van der Waals surface area contributed by atoms with Crippen molar-refractivity contribution in [2.75, 3.05) is 54.0 Å². The number of aliphatic imine (C=N–C) groups is 1. The normalized spacial score (nSPS) is 11.0. The van der Waals surface area contributed by atoms with Gasteiger partial charge in [0.2, 0.25) is 0 Å². The summed E-state index contributed by atoms with van der Waals surface area (Å²) in [5.74, 6) is 2.38. The molecule has 25 heavy (non-hydrogen) atoms. The van der Waals surface area contributed by atoms with E-state index in [-0.39, 0.29) is 24.0 Å². The molecule has 7 heteroatoms. The summed E-state index contributed by atoms with van der Waals surface area (Å²) in [7, 11) is 5.41. The van der Waals surface area contributed by atoms with Gasteiger partial charge in [-0.1, -0.05) is 13.0 Å². The van der Waals surface area contributed by atoms with E-state index in [1.807, 2.05) is 12.1 Å². The first-order chi connectivity index (χ1) is 11.6. The second-order valence-electron chi connectivity index (χ2n) is 5.52. The van der Waals surface area contributed by atoms with E-state index in [2.05, 4.69) is 47.5 Å². The van der Waals surface area contributed by atoms with Crippen LogP contribution < -0.4 is 20.1 Å². The van der Waals surface area contributed by atoms with Gasteiger partial charge in [0.25, 0.3) is 0 Å². The van der Waals surface area contributed by atoms with Crippen LogP contribution in [0.15, 0.2) is 23.2 Å². The maximum atomic E-state index is 5.34. The Hall–Kier alpha value is -1.22. The summed E-state index contributed by atoms with van der Waals surface area (Å²) in [4.78, 5) is 6.85. The van der Waals surface area contributed by atoms with Crippen LogP contribution in [-0.2, 0) is 6.42 Å². The van der Waals surface area contributed by atoms with Gasteiger partial charge in [-0.05, 0) is 44.6 Å². The van der Waals surface area contributed by atoms with Gasteiger partial charge >= 0.3 is 0 Å². The largest absolute Gasteiger partial charge is 0.493 e. The number of likely N-dealkylation sites (N-methyl/N-ethyl adjacent to an activating group) is 1. The number of benzene rings is 1. The van der Waals surface area contributed by atoms with Crippen molar-refractivity contribution in [3.05, 3.63) is 23.8 Å². The van der Waals surface area contributed by atoms with Crippen LogP contribution in [-0.4, -0.2) is 64.9 Å². The topological polar surface area (TPSA) is 58.1 Å².